The molecule has 0 N–H and O–H groups in total. The molecule has 0 unspecified atom stereocenters. The van der Waals surface area contributed by atoms with Gasteiger partial charge in [0.2, 0.25) is 5.95 Å². The zero-order valence-electron chi connectivity index (χ0n) is 19.3. The molecule has 0 aliphatic carbocycles. The van der Waals surface area contributed by atoms with Crippen molar-refractivity contribution in [2.75, 3.05) is 49.2 Å². The van der Waals surface area contributed by atoms with Crippen LogP contribution >= 0.6 is 11.6 Å². The minimum atomic E-state index is 0.319. The highest BCUT2D eigenvalue weighted by atomic mass is 35.5. The number of fused-ring (bicyclic) bond motifs is 3. The molecule has 9 heteroatoms. The molecular formula is C25H28ClN7O. The van der Waals surface area contributed by atoms with Crippen LogP contribution in [0.4, 0.5) is 11.8 Å². The molecular weight excluding hydrogens is 450 g/mol. The van der Waals surface area contributed by atoms with Crippen molar-refractivity contribution in [2.45, 2.75) is 32.5 Å². The molecule has 176 valence electrons. The zero-order valence-corrected chi connectivity index (χ0v) is 20.1. The van der Waals surface area contributed by atoms with Crippen molar-refractivity contribution >= 4 is 23.4 Å². The van der Waals surface area contributed by atoms with Crippen molar-refractivity contribution in [3.05, 3.63) is 58.5 Å². The number of ether oxygens (including phenoxy) is 1. The van der Waals surface area contributed by atoms with Gasteiger partial charge in [-0.2, -0.15) is 0 Å². The summed E-state index contributed by atoms with van der Waals surface area (Å²) in [5.74, 6) is 3.01. The van der Waals surface area contributed by atoms with Crippen molar-refractivity contribution in [1.29, 1.82) is 0 Å². The SMILES string of the molecule is Cc1ccc(N2CC3(C2)CN(c2nnc4n2-c2ccc(Cl)cc2CN([C@@H]2CCOC2)C4)C3)nc1. The Hall–Kier alpha value is -2.68. The smallest absolute Gasteiger partial charge is 0.231 e. The number of rotatable bonds is 3. The van der Waals surface area contributed by atoms with E-state index in [1.165, 1.54) is 11.1 Å². The first-order valence-corrected chi connectivity index (χ1v) is 12.4. The maximum atomic E-state index is 6.41. The van der Waals surface area contributed by atoms with E-state index in [0.29, 0.717) is 11.5 Å². The van der Waals surface area contributed by atoms with Crippen molar-refractivity contribution in [3.63, 3.8) is 0 Å². The van der Waals surface area contributed by atoms with Gasteiger partial charge in [-0.3, -0.25) is 9.47 Å². The highest BCUT2D eigenvalue weighted by Gasteiger charge is 2.53. The van der Waals surface area contributed by atoms with E-state index in [9.17, 15) is 0 Å². The van der Waals surface area contributed by atoms with Crippen LogP contribution in [0.25, 0.3) is 5.69 Å². The molecule has 0 radical (unpaired) electrons. The summed E-state index contributed by atoms with van der Waals surface area (Å²) in [4.78, 5) is 11.8. The molecule has 0 saturated carbocycles. The van der Waals surface area contributed by atoms with E-state index in [-0.39, 0.29) is 0 Å². The van der Waals surface area contributed by atoms with Gasteiger partial charge in [0, 0.05) is 62.0 Å². The van der Waals surface area contributed by atoms with Gasteiger partial charge < -0.3 is 14.5 Å². The van der Waals surface area contributed by atoms with Gasteiger partial charge in [0.25, 0.3) is 0 Å². The van der Waals surface area contributed by atoms with Crippen LogP contribution < -0.4 is 9.80 Å². The molecule has 1 aromatic carbocycles. The first-order valence-electron chi connectivity index (χ1n) is 12.0. The Balaban J connectivity index is 1.14. The summed E-state index contributed by atoms with van der Waals surface area (Å²) in [5, 5.41) is 10.1. The highest BCUT2D eigenvalue weighted by molar-refractivity contribution is 6.30. The molecule has 2 aromatic heterocycles. The van der Waals surface area contributed by atoms with Gasteiger partial charge in [-0.05, 0) is 48.7 Å². The maximum Gasteiger partial charge on any atom is 0.231 e. The number of hydrogen-bond acceptors (Lipinski definition) is 7. The van der Waals surface area contributed by atoms with Crippen LogP contribution in [0.2, 0.25) is 5.02 Å². The Bertz CT molecular complexity index is 1220. The molecule has 34 heavy (non-hydrogen) atoms. The van der Waals surface area contributed by atoms with E-state index < -0.39 is 0 Å². The third-order valence-electron chi connectivity index (χ3n) is 7.74. The number of aryl methyl sites for hydroxylation is 1. The molecule has 1 atom stereocenters. The van der Waals surface area contributed by atoms with E-state index >= 15 is 0 Å². The van der Waals surface area contributed by atoms with Gasteiger partial charge in [0.1, 0.15) is 5.82 Å². The molecule has 1 spiro atoms. The average Bonchev–Trinajstić information content (AvgIpc) is 3.41. The van der Waals surface area contributed by atoms with E-state index in [0.717, 1.165) is 87.2 Å². The number of anilines is 2. The number of halogens is 1. The first kappa shape index (κ1) is 20.7. The minimum absolute atomic E-state index is 0.319. The van der Waals surface area contributed by atoms with Gasteiger partial charge in [-0.1, -0.05) is 17.7 Å². The van der Waals surface area contributed by atoms with Gasteiger partial charge >= 0.3 is 0 Å². The van der Waals surface area contributed by atoms with Crippen molar-refractivity contribution in [1.82, 2.24) is 24.6 Å². The van der Waals surface area contributed by atoms with Gasteiger partial charge in [0.15, 0.2) is 5.82 Å². The lowest BCUT2D eigenvalue weighted by Gasteiger charge is -2.60. The van der Waals surface area contributed by atoms with Crippen molar-refractivity contribution in [2.24, 2.45) is 5.41 Å². The number of hydrogen-bond donors (Lipinski definition) is 0. The fourth-order valence-electron chi connectivity index (χ4n) is 5.96. The third-order valence-corrected chi connectivity index (χ3v) is 7.98. The summed E-state index contributed by atoms with van der Waals surface area (Å²) in [7, 11) is 0. The highest BCUT2D eigenvalue weighted by Crippen LogP contribution is 2.44. The topological polar surface area (TPSA) is 62.6 Å². The maximum absolute atomic E-state index is 6.41. The Labute approximate surface area is 204 Å². The lowest BCUT2D eigenvalue weighted by atomic mass is 9.73. The molecule has 4 aliphatic rings. The Morgan fingerprint density at radius 3 is 2.65 bits per heavy atom. The van der Waals surface area contributed by atoms with Crippen LogP contribution in [-0.4, -0.2) is 70.1 Å². The van der Waals surface area contributed by atoms with Crippen LogP contribution in [-0.2, 0) is 17.8 Å². The number of nitrogens with zero attached hydrogens (tertiary/aromatic N) is 7. The lowest BCUT2D eigenvalue weighted by molar-refractivity contribution is 0.133. The summed E-state index contributed by atoms with van der Waals surface area (Å²) < 4.78 is 7.94. The van der Waals surface area contributed by atoms with E-state index in [1.54, 1.807) is 0 Å². The van der Waals surface area contributed by atoms with E-state index in [1.807, 2.05) is 12.3 Å². The molecule has 3 saturated heterocycles. The largest absolute Gasteiger partial charge is 0.380 e. The summed E-state index contributed by atoms with van der Waals surface area (Å²) in [5.41, 5.74) is 3.87. The Kier molecular flexibility index (Phi) is 4.66. The fourth-order valence-corrected chi connectivity index (χ4v) is 6.16. The summed E-state index contributed by atoms with van der Waals surface area (Å²) >= 11 is 6.41. The molecule has 8 nitrogen and oxygen atoms in total. The lowest BCUT2D eigenvalue weighted by Crippen LogP contribution is -2.73. The predicted molar refractivity (Wildman–Crippen MR) is 131 cm³/mol. The molecule has 6 heterocycles. The Morgan fingerprint density at radius 2 is 1.88 bits per heavy atom. The van der Waals surface area contributed by atoms with Gasteiger partial charge in [-0.25, -0.2) is 4.98 Å². The van der Waals surface area contributed by atoms with Gasteiger partial charge in [0.05, 0.1) is 18.8 Å². The molecule has 4 aliphatic heterocycles. The fraction of sp³-hybridized carbons (Fsp3) is 0.480. The van der Waals surface area contributed by atoms with E-state index in [2.05, 4.69) is 65.6 Å². The number of pyridine rings is 1. The Morgan fingerprint density at radius 1 is 1.03 bits per heavy atom. The molecule has 0 bridgehead atoms. The normalized spacial score (nSPS) is 23.3. The average molecular weight is 478 g/mol. The molecule has 0 amide bonds. The van der Waals surface area contributed by atoms with E-state index in [4.69, 9.17) is 16.3 Å². The second-order valence-corrected chi connectivity index (χ2v) is 10.8. The summed E-state index contributed by atoms with van der Waals surface area (Å²) in [6, 6.07) is 10.8. The van der Waals surface area contributed by atoms with Crippen LogP contribution in [0, 0.1) is 12.3 Å². The second kappa shape index (κ2) is 7.66. The van der Waals surface area contributed by atoms with Crippen molar-refractivity contribution < 1.29 is 4.74 Å². The summed E-state index contributed by atoms with van der Waals surface area (Å²) in [6.45, 7) is 9.36. The van der Waals surface area contributed by atoms with Crippen LogP contribution in [0.15, 0.2) is 36.5 Å². The quantitative estimate of drug-likeness (QED) is 0.574. The minimum Gasteiger partial charge on any atom is -0.380 e. The third kappa shape index (κ3) is 3.31. The van der Waals surface area contributed by atoms with Gasteiger partial charge in [-0.15, -0.1) is 10.2 Å². The standard InChI is InChI=1S/C25H28ClN7O/c1-17-2-5-22(27-9-17)31-13-25(14-31)15-32(16-25)24-29-28-23-11-30(20-6-7-34-12-20)10-18-8-19(26)3-4-21(18)33(23)24/h2-5,8-9,20H,6-7,10-16H2,1H3/t20-/m1/s1. The molecule has 3 aromatic rings. The number of aromatic nitrogens is 4. The zero-order chi connectivity index (χ0) is 22.9. The summed E-state index contributed by atoms with van der Waals surface area (Å²) in [6.07, 6.45) is 3.00. The monoisotopic (exact) mass is 477 g/mol. The predicted octanol–water partition coefficient (Wildman–Crippen LogP) is 3.06. The molecule has 7 rings (SSSR count). The van der Waals surface area contributed by atoms with Crippen molar-refractivity contribution in [3.8, 4) is 5.69 Å². The molecule has 3 fully saturated rings. The second-order valence-electron chi connectivity index (χ2n) is 10.4. The van der Waals surface area contributed by atoms with Crippen LogP contribution in [0.5, 0.6) is 0 Å². The number of benzene rings is 1. The van der Waals surface area contributed by atoms with Crippen LogP contribution in [0.1, 0.15) is 23.4 Å². The van der Waals surface area contributed by atoms with Crippen LogP contribution in [0.3, 0.4) is 0 Å². The first-order chi connectivity index (χ1) is 16.6.